The summed E-state index contributed by atoms with van der Waals surface area (Å²) in [4.78, 5) is 0.761. The van der Waals surface area contributed by atoms with Gasteiger partial charge in [-0.2, -0.15) is 0 Å². The third-order valence-electron chi connectivity index (χ3n) is 1.53. The van der Waals surface area contributed by atoms with E-state index in [4.69, 9.17) is 10.8 Å². The lowest BCUT2D eigenvalue weighted by atomic mass is 10.1. The van der Waals surface area contributed by atoms with Gasteiger partial charge in [-0.15, -0.1) is 11.3 Å². The Bertz CT molecular complexity index is 253. The predicted molar refractivity (Wildman–Crippen MR) is 52.0 cm³/mol. The van der Waals surface area contributed by atoms with E-state index in [1.807, 2.05) is 11.4 Å². The molecule has 0 aromatic carbocycles. The summed E-state index contributed by atoms with van der Waals surface area (Å²) >= 11 is 4.69. The Balaban J connectivity index is 2.77. The van der Waals surface area contributed by atoms with Gasteiger partial charge in [0.1, 0.15) is 6.10 Å². The molecule has 0 bridgehead atoms. The van der Waals surface area contributed by atoms with Crippen molar-refractivity contribution in [2.75, 3.05) is 6.61 Å². The molecule has 0 amide bonds. The van der Waals surface area contributed by atoms with E-state index in [1.165, 1.54) is 11.3 Å². The summed E-state index contributed by atoms with van der Waals surface area (Å²) in [6.45, 7) is -0.217. The average molecular weight is 252 g/mol. The van der Waals surface area contributed by atoms with Crippen LogP contribution in [0.2, 0.25) is 0 Å². The summed E-state index contributed by atoms with van der Waals surface area (Å²) < 4.78 is 0.837. The van der Waals surface area contributed by atoms with Crippen molar-refractivity contribution in [3.63, 3.8) is 0 Å². The SMILES string of the molecule is NC(CO)C(O)c1sccc1Br. The van der Waals surface area contributed by atoms with Crippen molar-refractivity contribution in [2.24, 2.45) is 5.73 Å². The maximum absolute atomic E-state index is 9.55. The van der Waals surface area contributed by atoms with E-state index in [9.17, 15) is 5.11 Å². The van der Waals surface area contributed by atoms with Crippen molar-refractivity contribution in [2.45, 2.75) is 12.1 Å². The Labute approximate surface area is 83.0 Å². The van der Waals surface area contributed by atoms with E-state index in [-0.39, 0.29) is 6.61 Å². The van der Waals surface area contributed by atoms with Crippen molar-refractivity contribution < 1.29 is 10.2 Å². The summed E-state index contributed by atoms with van der Waals surface area (Å²) in [6, 6.07) is 1.23. The minimum absolute atomic E-state index is 0.217. The molecular formula is C7H10BrNO2S. The number of nitrogens with two attached hydrogens (primary N) is 1. The number of halogens is 1. The van der Waals surface area contributed by atoms with Crippen LogP contribution in [0.25, 0.3) is 0 Å². The van der Waals surface area contributed by atoms with Crippen molar-refractivity contribution in [1.82, 2.24) is 0 Å². The first-order valence-corrected chi connectivity index (χ1v) is 5.11. The Hall–Kier alpha value is 0.0600. The lowest BCUT2D eigenvalue weighted by Gasteiger charge is -2.15. The van der Waals surface area contributed by atoms with E-state index in [0.29, 0.717) is 0 Å². The van der Waals surface area contributed by atoms with Crippen LogP contribution in [0.4, 0.5) is 0 Å². The van der Waals surface area contributed by atoms with Gasteiger partial charge in [-0.1, -0.05) is 0 Å². The Kier molecular flexibility index (Phi) is 3.67. The summed E-state index contributed by atoms with van der Waals surface area (Å²) in [6.07, 6.45) is -0.788. The second kappa shape index (κ2) is 4.34. The molecule has 0 aliphatic carbocycles. The zero-order valence-electron chi connectivity index (χ0n) is 6.27. The first-order valence-electron chi connectivity index (χ1n) is 3.44. The molecule has 1 aromatic rings. The number of hydrogen-bond donors (Lipinski definition) is 3. The standard InChI is InChI=1S/C7H10BrNO2S/c8-4-1-2-12-7(4)6(11)5(9)3-10/h1-2,5-6,10-11H,3,9H2. The molecular weight excluding hydrogens is 242 g/mol. The van der Waals surface area contributed by atoms with E-state index in [0.717, 1.165) is 9.35 Å². The lowest BCUT2D eigenvalue weighted by molar-refractivity contribution is 0.112. The maximum Gasteiger partial charge on any atom is 0.107 e. The quantitative estimate of drug-likeness (QED) is 0.747. The molecule has 0 radical (unpaired) electrons. The molecule has 2 atom stereocenters. The smallest absolute Gasteiger partial charge is 0.107 e. The van der Waals surface area contributed by atoms with Crippen LogP contribution in [0.15, 0.2) is 15.9 Å². The van der Waals surface area contributed by atoms with Crippen LogP contribution in [0.3, 0.4) is 0 Å². The van der Waals surface area contributed by atoms with E-state index >= 15 is 0 Å². The summed E-state index contributed by atoms with van der Waals surface area (Å²) in [5.74, 6) is 0. The summed E-state index contributed by atoms with van der Waals surface area (Å²) in [7, 11) is 0. The Morgan fingerprint density at radius 1 is 1.67 bits per heavy atom. The van der Waals surface area contributed by atoms with Gasteiger partial charge in [0.2, 0.25) is 0 Å². The normalized spacial score (nSPS) is 16.0. The van der Waals surface area contributed by atoms with Crippen molar-refractivity contribution in [3.8, 4) is 0 Å². The Morgan fingerprint density at radius 3 is 2.75 bits per heavy atom. The molecule has 0 saturated heterocycles. The highest BCUT2D eigenvalue weighted by Gasteiger charge is 2.19. The van der Waals surface area contributed by atoms with Crippen LogP contribution in [0.5, 0.6) is 0 Å². The average Bonchev–Trinajstić information content (AvgIpc) is 2.48. The van der Waals surface area contributed by atoms with Gasteiger partial charge in [0.15, 0.2) is 0 Å². The molecule has 0 spiro atoms. The van der Waals surface area contributed by atoms with Gasteiger partial charge in [0.05, 0.1) is 12.6 Å². The number of aliphatic hydroxyl groups excluding tert-OH is 2. The minimum Gasteiger partial charge on any atom is -0.395 e. The van der Waals surface area contributed by atoms with Crippen molar-refractivity contribution >= 4 is 27.3 Å². The van der Waals surface area contributed by atoms with Crippen LogP contribution in [-0.2, 0) is 0 Å². The van der Waals surface area contributed by atoms with E-state index in [2.05, 4.69) is 15.9 Å². The van der Waals surface area contributed by atoms with Crippen LogP contribution >= 0.6 is 27.3 Å². The van der Waals surface area contributed by atoms with Crippen LogP contribution in [0.1, 0.15) is 11.0 Å². The van der Waals surface area contributed by atoms with Crippen molar-refractivity contribution in [3.05, 3.63) is 20.8 Å². The summed E-state index contributed by atoms with van der Waals surface area (Å²) in [5.41, 5.74) is 5.46. The molecule has 1 heterocycles. The van der Waals surface area contributed by atoms with Gasteiger partial charge in [0, 0.05) is 9.35 Å². The lowest BCUT2D eigenvalue weighted by Crippen LogP contribution is -2.31. The third kappa shape index (κ3) is 2.05. The molecule has 1 rings (SSSR count). The fourth-order valence-electron chi connectivity index (χ4n) is 0.811. The predicted octanol–water partition coefficient (Wildman–Crippen LogP) is 0.864. The fraction of sp³-hybridized carbons (Fsp3) is 0.429. The highest BCUT2D eigenvalue weighted by Crippen LogP contribution is 2.29. The molecule has 5 heteroatoms. The zero-order valence-corrected chi connectivity index (χ0v) is 8.68. The molecule has 12 heavy (non-hydrogen) atoms. The van der Waals surface area contributed by atoms with Gasteiger partial charge in [-0.05, 0) is 27.4 Å². The van der Waals surface area contributed by atoms with Gasteiger partial charge in [-0.25, -0.2) is 0 Å². The second-order valence-electron chi connectivity index (χ2n) is 2.42. The summed E-state index contributed by atoms with van der Waals surface area (Å²) in [5, 5.41) is 20.1. The van der Waals surface area contributed by atoms with Gasteiger partial charge in [0.25, 0.3) is 0 Å². The second-order valence-corrected chi connectivity index (χ2v) is 4.23. The first-order chi connectivity index (χ1) is 5.66. The minimum atomic E-state index is -0.788. The van der Waals surface area contributed by atoms with E-state index < -0.39 is 12.1 Å². The number of rotatable bonds is 3. The number of hydrogen-bond acceptors (Lipinski definition) is 4. The van der Waals surface area contributed by atoms with Gasteiger partial charge >= 0.3 is 0 Å². The molecule has 2 unspecified atom stereocenters. The number of aliphatic hydroxyl groups is 2. The van der Waals surface area contributed by atoms with Gasteiger partial charge in [-0.3, -0.25) is 0 Å². The fourth-order valence-corrected chi connectivity index (χ4v) is 2.48. The highest BCUT2D eigenvalue weighted by atomic mass is 79.9. The maximum atomic E-state index is 9.55. The monoisotopic (exact) mass is 251 g/mol. The molecule has 1 aromatic heterocycles. The molecule has 0 saturated carbocycles. The zero-order chi connectivity index (χ0) is 9.14. The van der Waals surface area contributed by atoms with Crippen LogP contribution in [0, 0.1) is 0 Å². The topological polar surface area (TPSA) is 66.5 Å². The molecule has 0 aliphatic rings. The van der Waals surface area contributed by atoms with Gasteiger partial charge < -0.3 is 15.9 Å². The highest BCUT2D eigenvalue weighted by molar-refractivity contribution is 9.10. The van der Waals surface area contributed by atoms with Crippen molar-refractivity contribution in [1.29, 1.82) is 0 Å². The van der Waals surface area contributed by atoms with Crippen LogP contribution in [-0.4, -0.2) is 22.9 Å². The number of thiophene rings is 1. The molecule has 68 valence electrons. The molecule has 0 aliphatic heterocycles. The third-order valence-corrected chi connectivity index (χ3v) is 3.47. The Morgan fingerprint density at radius 2 is 2.33 bits per heavy atom. The van der Waals surface area contributed by atoms with Crippen LogP contribution < -0.4 is 5.73 Å². The van der Waals surface area contributed by atoms with E-state index in [1.54, 1.807) is 0 Å². The largest absolute Gasteiger partial charge is 0.395 e. The molecule has 0 fully saturated rings. The first kappa shape index (κ1) is 10.1. The molecule has 3 nitrogen and oxygen atoms in total. The molecule has 4 N–H and O–H groups in total.